The van der Waals surface area contributed by atoms with E-state index in [2.05, 4.69) is 0 Å². The van der Waals surface area contributed by atoms with Crippen LogP contribution in [-0.4, -0.2) is 26.7 Å². The summed E-state index contributed by atoms with van der Waals surface area (Å²) in [6.45, 7) is 0. The zero-order valence-corrected chi connectivity index (χ0v) is 10.6. The molecule has 0 bridgehead atoms. The molecule has 5 nitrogen and oxygen atoms in total. The third-order valence-electron chi connectivity index (χ3n) is 2.81. The number of benzene rings is 1. The van der Waals surface area contributed by atoms with Gasteiger partial charge >= 0.3 is 10.1 Å². The topological polar surface area (TPSA) is 77.5 Å². The molecule has 1 aromatic rings. The Hall–Kier alpha value is -1.69. The van der Waals surface area contributed by atoms with Gasteiger partial charge in [0.1, 0.15) is 12.0 Å². The van der Waals surface area contributed by atoms with Crippen LogP contribution in [0.25, 0.3) is 0 Å². The van der Waals surface area contributed by atoms with Crippen molar-refractivity contribution in [1.29, 1.82) is 0 Å². The average molecular weight is 268 g/mol. The second-order valence-electron chi connectivity index (χ2n) is 4.27. The molecule has 0 spiro atoms. The van der Waals surface area contributed by atoms with E-state index in [0.29, 0.717) is 12.0 Å². The van der Waals surface area contributed by atoms with Gasteiger partial charge < -0.3 is 8.98 Å². The Morgan fingerprint density at radius 3 is 2.78 bits per heavy atom. The maximum atomic E-state index is 11.9. The number of Topliss-reactive ketones (excluding diaryl/α,β-unsaturated/α-hetero) is 1. The number of fused-ring (bicyclic) bond motifs is 1. The summed E-state index contributed by atoms with van der Waals surface area (Å²) in [6.07, 6.45) is 2.38. The summed E-state index contributed by atoms with van der Waals surface area (Å²) in [6, 6.07) is 4.60. The highest BCUT2D eigenvalue weighted by molar-refractivity contribution is 7.86. The fourth-order valence-electron chi connectivity index (χ4n) is 2.07. The first-order valence-electron chi connectivity index (χ1n) is 5.41. The molecule has 0 N–H and O–H groups in total. The molecule has 0 amide bonds. The predicted octanol–water partition coefficient (Wildman–Crippen LogP) is 0.969. The third-order valence-corrected chi connectivity index (χ3v) is 3.31. The number of hydrogen-bond acceptors (Lipinski definition) is 5. The second-order valence-corrected chi connectivity index (χ2v) is 5.85. The first-order valence-corrected chi connectivity index (χ1v) is 7.22. The lowest BCUT2D eigenvalue weighted by molar-refractivity contribution is -0.108. The summed E-state index contributed by atoms with van der Waals surface area (Å²) >= 11 is 0. The van der Waals surface area contributed by atoms with E-state index in [9.17, 15) is 18.0 Å². The molecule has 0 aliphatic heterocycles. The van der Waals surface area contributed by atoms with Gasteiger partial charge in [0.05, 0.1) is 6.26 Å². The van der Waals surface area contributed by atoms with E-state index in [1.54, 1.807) is 6.07 Å². The van der Waals surface area contributed by atoms with E-state index in [4.69, 9.17) is 4.18 Å². The first kappa shape index (κ1) is 12.8. The molecule has 6 heteroatoms. The van der Waals surface area contributed by atoms with Crippen molar-refractivity contribution in [3.05, 3.63) is 29.3 Å². The molecule has 1 aromatic carbocycles. The lowest BCUT2D eigenvalue weighted by Gasteiger charge is -2.04. The smallest absolute Gasteiger partial charge is 0.306 e. The lowest BCUT2D eigenvalue weighted by Crippen LogP contribution is -2.09. The molecular weight excluding hydrogens is 256 g/mol. The summed E-state index contributed by atoms with van der Waals surface area (Å²) in [5, 5.41) is 0. The normalized spacial score (nSPS) is 18.5. The SMILES string of the molecule is CS(=O)(=O)Oc1ccc2c(c1)C(=O)C(CC=O)C2. The molecule has 0 radical (unpaired) electrons. The van der Waals surface area contributed by atoms with Crippen molar-refractivity contribution in [1.82, 2.24) is 0 Å². The Labute approximate surface area is 105 Å². The van der Waals surface area contributed by atoms with Crippen LogP contribution in [0, 0.1) is 5.92 Å². The molecule has 0 heterocycles. The van der Waals surface area contributed by atoms with E-state index < -0.39 is 10.1 Å². The van der Waals surface area contributed by atoms with Crippen LogP contribution in [0.5, 0.6) is 5.75 Å². The molecule has 1 aliphatic rings. The highest BCUT2D eigenvalue weighted by Gasteiger charge is 2.30. The number of carbonyl (C=O) groups excluding carboxylic acids is 2. The molecule has 1 aliphatic carbocycles. The van der Waals surface area contributed by atoms with Crippen LogP contribution >= 0.6 is 0 Å². The fourth-order valence-corrected chi connectivity index (χ4v) is 2.53. The molecule has 96 valence electrons. The van der Waals surface area contributed by atoms with Crippen molar-refractivity contribution in [3.8, 4) is 5.75 Å². The van der Waals surface area contributed by atoms with Gasteiger partial charge in [-0.3, -0.25) is 4.79 Å². The van der Waals surface area contributed by atoms with Gasteiger partial charge in [0, 0.05) is 17.9 Å². The van der Waals surface area contributed by atoms with Crippen LogP contribution in [0.1, 0.15) is 22.3 Å². The zero-order chi connectivity index (χ0) is 13.3. The molecule has 1 atom stereocenters. The average Bonchev–Trinajstić information content (AvgIpc) is 2.55. The molecule has 0 fully saturated rings. The molecule has 0 aromatic heterocycles. The monoisotopic (exact) mass is 268 g/mol. The van der Waals surface area contributed by atoms with E-state index in [-0.39, 0.29) is 23.9 Å². The minimum Gasteiger partial charge on any atom is -0.383 e. The number of hydrogen-bond donors (Lipinski definition) is 0. The van der Waals surface area contributed by atoms with Crippen molar-refractivity contribution in [2.24, 2.45) is 5.92 Å². The Morgan fingerprint density at radius 2 is 2.17 bits per heavy atom. The van der Waals surface area contributed by atoms with Crippen LogP contribution in [0.15, 0.2) is 18.2 Å². The first-order chi connectivity index (χ1) is 8.40. The number of rotatable bonds is 4. The number of ketones is 1. The molecule has 18 heavy (non-hydrogen) atoms. The van der Waals surface area contributed by atoms with Crippen molar-refractivity contribution < 1.29 is 22.2 Å². The van der Waals surface area contributed by atoms with Gasteiger partial charge in [-0.05, 0) is 24.1 Å². The minimum atomic E-state index is -3.60. The summed E-state index contributed by atoms with van der Waals surface area (Å²) in [7, 11) is -3.60. The Kier molecular flexibility index (Phi) is 3.21. The summed E-state index contributed by atoms with van der Waals surface area (Å²) in [5.74, 6) is -0.335. The van der Waals surface area contributed by atoms with Crippen molar-refractivity contribution in [2.75, 3.05) is 6.26 Å². The van der Waals surface area contributed by atoms with E-state index in [1.165, 1.54) is 12.1 Å². The van der Waals surface area contributed by atoms with E-state index in [1.807, 2.05) is 0 Å². The maximum absolute atomic E-state index is 11.9. The van der Waals surface area contributed by atoms with Gasteiger partial charge in [-0.2, -0.15) is 8.42 Å². The lowest BCUT2D eigenvalue weighted by atomic mass is 10.0. The largest absolute Gasteiger partial charge is 0.383 e. The van der Waals surface area contributed by atoms with Crippen molar-refractivity contribution in [3.63, 3.8) is 0 Å². The summed E-state index contributed by atoms with van der Waals surface area (Å²) < 4.78 is 26.7. The molecule has 0 saturated carbocycles. The van der Waals surface area contributed by atoms with Crippen molar-refractivity contribution in [2.45, 2.75) is 12.8 Å². The molecule has 0 saturated heterocycles. The van der Waals surface area contributed by atoms with Crippen LogP contribution < -0.4 is 4.18 Å². The van der Waals surface area contributed by atoms with Crippen LogP contribution in [0.4, 0.5) is 0 Å². The standard InChI is InChI=1S/C12H12O5S/c1-18(15,16)17-10-3-2-8-6-9(4-5-13)12(14)11(8)7-10/h2-3,5,7,9H,4,6H2,1H3. The van der Waals surface area contributed by atoms with Crippen LogP contribution in [0.2, 0.25) is 0 Å². The Bertz CT molecular complexity index is 603. The van der Waals surface area contributed by atoms with Gasteiger partial charge in [-0.25, -0.2) is 0 Å². The van der Waals surface area contributed by atoms with Gasteiger partial charge in [0.25, 0.3) is 0 Å². The quantitative estimate of drug-likeness (QED) is 0.600. The minimum absolute atomic E-state index is 0.122. The van der Waals surface area contributed by atoms with E-state index >= 15 is 0 Å². The maximum Gasteiger partial charge on any atom is 0.306 e. The predicted molar refractivity (Wildman–Crippen MR) is 64.1 cm³/mol. The zero-order valence-electron chi connectivity index (χ0n) is 9.75. The van der Waals surface area contributed by atoms with Gasteiger partial charge in [0.15, 0.2) is 5.78 Å². The second kappa shape index (κ2) is 4.53. The van der Waals surface area contributed by atoms with Crippen molar-refractivity contribution >= 4 is 22.2 Å². The highest BCUT2D eigenvalue weighted by Crippen LogP contribution is 2.31. The van der Waals surface area contributed by atoms with E-state index in [0.717, 1.165) is 18.1 Å². The number of aldehydes is 1. The van der Waals surface area contributed by atoms with Crippen LogP contribution in [-0.2, 0) is 21.3 Å². The fraction of sp³-hybridized carbons (Fsp3) is 0.333. The van der Waals surface area contributed by atoms with Gasteiger partial charge in [-0.15, -0.1) is 0 Å². The number of carbonyl (C=O) groups is 2. The molecule has 1 unspecified atom stereocenters. The Morgan fingerprint density at radius 1 is 1.44 bits per heavy atom. The summed E-state index contributed by atoms with van der Waals surface area (Å²) in [5.41, 5.74) is 1.27. The molecule has 2 rings (SSSR count). The van der Waals surface area contributed by atoms with Gasteiger partial charge in [0.2, 0.25) is 0 Å². The molecular formula is C12H12O5S. The van der Waals surface area contributed by atoms with Gasteiger partial charge in [-0.1, -0.05) is 6.07 Å². The Balaban J connectivity index is 2.30. The summed E-state index contributed by atoms with van der Waals surface area (Å²) in [4.78, 5) is 22.4. The van der Waals surface area contributed by atoms with Crippen LogP contribution in [0.3, 0.4) is 0 Å². The highest BCUT2D eigenvalue weighted by atomic mass is 32.2. The third kappa shape index (κ3) is 2.59.